The van der Waals surface area contributed by atoms with E-state index in [1.165, 1.54) is 5.56 Å². The van der Waals surface area contributed by atoms with Crippen LogP contribution in [-0.2, 0) is 17.9 Å². The van der Waals surface area contributed by atoms with E-state index in [-0.39, 0.29) is 18.0 Å². The number of carbonyl (C=O) groups excluding carboxylic acids is 1. The van der Waals surface area contributed by atoms with Gasteiger partial charge in [-0.05, 0) is 60.4 Å². The molecule has 0 aliphatic carbocycles. The highest BCUT2D eigenvalue weighted by atomic mass is 16.5. The molecule has 188 valence electrons. The van der Waals surface area contributed by atoms with Gasteiger partial charge < -0.3 is 14.6 Å². The summed E-state index contributed by atoms with van der Waals surface area (Å²) >= 11 is 0. The highest BCUT2D eigenvalue weighted by molar-refractivity contribution is 6.06. The third-order valence-electron chi connectivity index (χ3n) is 6.66. The molecule has 0 radical (unpaired) electrons. The predicted molar refractivity (Wildman–Crippen MR) is 147 cm³/mol. The number of hydrogen-bond donors (Lipinski definition) is 1. The Morgan fingerprint density at radius 1 is 1.03 bits per heavy atom. The van der Waals surface area contributed by atoms with Gasteiger partial charge in [-0.2, -0.15) is 0 Å². The van der Waals surface area contributed by atoms with Crippen molar-refractivity contribution in [2.24, 2.45) is 0 Å². The lowest BCUT2D eigenvalue weighted by molar-refractivity contribution is -0.116. The molecule has 0 fully saturated rings. The molecule has 2 aromatic heterocycles. The number of hydrogen-bond acceptors (Lipinski definition) is 4. The molecule has 5 rings (SSSR count). The Bertz CT molecular complexity index is 1650. The maximum Gasteiger partial charge on any atom is 0.278 e. The molecule has 5 aromatic rings. The average molecular weight is 495 g/mol. The molecule has 7 heteroatoms. The van der Waals surface area contributed by atoms with Gasteiger partial charge in [0, 0.05) is 11.1 Å². The molecule has 0 saturated heterocycles. The Morgan fingerprint density at radius 2 is 1.76 bits per heavy atom. The third-order valence-corrected chi connectivity index (χ3v) is 6.66. The highest BCUT2D eigenvalue weighted by Crippen LogP contribution is 2.27. The van der Waals surface area contributed by atoms with Crippen LogP contribution in [0.5, 0.6) is 5.75 Å². The maximum absolute atomic E-state index is 13.7. The molecule has 1 amide bonds. The van der Waals surface area contributed by atoms with Gasteiger partial charge in [0.05, 0.1) is 25.5 Å². The van der Waals surface area contributed by atoms with Gasteiger partial charge in [-0.3, -0.25) is 14.2 Å². The molecule has 0 unspecified atom stereocenters. The second-order valence-electron chi connectivity index (χ2n) is 9.65. The summed E-state index contributed by atoms with van der Waals surface area (Å²) in [5.74, 6) is 0.963. The van der Waals surface area contributed by atoms with Crippen LogP contribution >= 0.6 is 0 Å². The number of benzene rings is 3. The van der Waals surface area contributed by atoms with Crippen LogP contribution in [0.15, 0.2) is 77.9 Å². The van der Waals surface area contributed by atoms with Crippen molar-refractivity contribution in [1.29, 1.82) is 0 Å². The summed E-state index contributed by atoms with van der Waals surface area (Å²) in [6.45, 7) is 6.63. The van der Waals surface area contributed by atoms with Crippen LogP contribution in [0.2, 0.25) is 0 Å². The van der Waals surface area contributed by atoms with Crippen molar-refractivity contribution in [1.82, 2.24) is 14.1 Å². The molecular weight excluding hydrogens is 464 g/mol. The lowest BCUT2D eigenvalue weighted by Crippen LogP contribution is -2.25. The predicted octanol–water partition coefficient (Wildman–Crippen LogP) is 5.48. The minimum atomic E-state index is -0.207. The van der Waals surface area contributed by atoms with Crippen molar-refractivity contribution < 1.29 is 9.53 Å². The van der Waals surface area contributed by atoms with Gasteiger partial charge in [0.1, 0.15) is 23.3 Å². The molecule has 1 N–H and O–H groups in total. The summed E-state index contributed by atoms with van der Waals surface area (Å²) in [6, 6.07) is 21.4. The van der Waals surface area contributed by atoms with Gasteiger partial charge in [0.15, 0.2) is 0 Å². The zero-order valence-electron chi connectivity index (χ0n) is 21.5. The largest absolute Gasteiger partial charge is 0.497 e. The minimum Gasteiger partial charge on any atom is -0.497 e. The fourth-order valence-corrected chi connectivity index (χ4v) is 4.61. The second kappa shape index (κ2) is 9.93. The number of amides is 1. The summed E-state index contributed by atoms with van der Waals surface area (Å²) < 4.78 is 8.59. The van der Waals surface area contributed by atoms with Crippen molar-refractivity contribution >= 4 is 33.5 Å². The average Bonchev–Trinajstić information content (AvgIpc) is 3.19. The SMILES string of the molecule is COc1ccc(Cn2cnc3c4cc(C)ccc4n(CC(=O)Nc4ccc(C(C)C)cc4)c3c2=O)cc1. The monoisotopic (exact) mass is 494 g/mol. The standard InChI is InChI=1S/C30H30N4O3/c1-19(2)22-8-10-23(11-9-22)32-27(35)17-34-26-14-5-20(3)15-25(26)28-29(34)30(36)33(18-31-28)16-21-6-12-24(37-4)13-7-21/h5-15,18-19H,16-17H2,1-4H3,(H,32,35). The lowest BCUT2D eigenvalue weighted by atomic mass is 10.0. The molecule has 37 heavy (non-hydrogen) atoms. The summed E-state index contributed by atoms with van der Waals surface area (Å²) in [5, 5.41) is 3.83. The number of methoxy groups -OCH3 is 1. The number of aryl methyl sites for hydroxylation is 1. The molecule has 0 bridgehead atoms. The van der Waals surface area contributed by atoms with Crippen molar-refractivity contribution in [2.45, 2.75) is 39.8 Å². The van der Waals surface area contributed by atoms with E-state index in [2.05, 4.69) is 24.1 Å². The molecule has 0 aliphatic heterocycles. The Labute approximate surface area is 215 Å². The number of rotatable bonds is 7. The first-order valence-electron chi connectivity index (χ1n) is 12.3. The minimum absolute atomic E-state index is 0.00153. The molecule has 0 aliphatic rings. The van der Waals surface area contributed by atoms with Gasteiger partial charge in [-0.1, -0.05) is 49.7 Å². The molecule has 3 aromatic carbocycles. The van der Waals surface area contributed by atoms with Gasteiger partial charge >= 0.3 is 0 Å². The summed E-state index contributed by atoms with van der Waals surface area (Å²) in [4.78, 5) is 31.5. The van der Waals surface area contributed by atoms with E-state index >= 15 is 0 Å². The molecule has 0 atom stereocenters. The van der Waals surface area contributed by atoms with Crippen molar-refractivity contribution in [2.75, 3.05) is 12.4 Å². The van der Waals surface area contributed by atoms with E-state index in [1.54, 1.807) is 22.6 Å². The fourth-order valence-electron chi connectivity index (χ4n) is 4.61. The Balaban J connectivity index is 1.53. The number of fused-ring (bicyclic) bond motifs is 3. The van der Waals surface area contributed by atoms with Gasteiger partial charge in [0.2, 0.25) is 5.91 Å². The molecule has 0 spiro atoms. The van der Waals surface area contributed by atoms with Crippen LogP contribution < -0.4 is 15.6 Å². The second-order valence-corrected chi connectivity index (χ2v) is 9.65. The van der Waals surface area contributed by atoms with E-state index in [9.17, 15) is 9.59 Å². The van der Waals surface area contributed by atoms with Crippen molar-refractivity contribution in [3.05, 3.63) is 100 Å². The zero-order chi connectivity index (χ0) is 26.1. The third kappa shape index (κ3) is 4.85. The van der Waals surface area contributed by atoms with Crippen molar-refractivity contribution in [3.63, 3.8) is 0 Å². The number of ether oxygens (including phenoxy) is 1. The van der Waals surface area contributed by atoms with Crippen LogP contribution in [0.4, 0.5) is 5.69 Å². The molecule has 0 saturated carbocycles. The fraction of sp³-hybridized carbons (Fsp3) is 0.233. The Hall–Kier alpha value is -4.39. The lowest BCUT2D eigenvalue weighted by Gasteiger charge is -2.11. The normalized spacial score (nSPS) is 11.4. The molecule has 7 nitrogen and oxygen atoms in total. The van der Waals surface area contributed by atoms with Crippen LogP contribution in [0.25, 0.3) is 21.9 Å². The van der Waals surface area contributed by atoms with E-state index in [0.29, 0.717) is 23.5 Å². The van der Waals surface area contributed by atoms with Crippen LogP contribution in [-0.4, -0.2) is 27.1 Å². The van der Waals surface area contributed by atoms with E-state index < -0.39 is 0 Å². The van der Waals surface area contributed by atoms with Crippen LogP contribution in [0.3, 0.4) is 0 Å². The number of aromatic nitrogens is 3. The van der Waals surface area contributed by atoms with Crippen LogP contribution in [0.1, 0.15) is 36.5 Å². The number of nitrogens with zero attached hydrogens (tertiary/aromatic N) is 3. The van der Waals surface area contributed by atoms with E-state index in [4.69, 9.17) is 4.74 Å². The summed E-state index contributed by atoms with van der Waals surface area (Å²) in [5.41, 5.74) is 5.57. The summed E-state index contributed by atoms with van der Waals surface area (Å²) in [6.07, 6.45) is 1.58. The quantitative estimate of drug-likeness (QED) is 0.325. The van der Waals surface area contributed by atoms with Crippen molar-refractivity contribution in [3.8, 4) is 5.75 Å². The maximum atomic E-state index is 13.7. The van der Waals surface area contributed by atoms with E-state index in [0.717, 1.165) is 33.5 Å². The number of carbonyl (C=O) groups is 1. The highest BCUT2D eigenvalue weighted by Gasteiger charge is 2.19. The zero-order valence-corrected chi connectivity index (χ0v) is 21.5. The van der Waals surface area contributed by atoms with Gasteiger partial charge in [-0.25, -0.2) is 4.98 Å². The number of anilines is 1. The first-order chi connectivity index (χ1) is 17.8. The van der Waals surface area contributed by atoms with Gasteiger partial charge in [-0.15, -0.1) is 0 Å². The van der Waals surface area contributed by atoms with E-state index in [1.807, 2.05) is 73.7 Å². The Morgan fingerprint density at radius 3 is 2.43 bits per heavy atom. The number of nitrogens with one attached hydrogen (secondary N) is 1. The first kappa shape index (κ1) is 24.3. The Kier molecular flexibility index (Phi) is 6.53. The first-order valence-corrected chi connectivity index (χ1v) is 12.3. The summed E-state index contributed by atoms with van der Waals surface area (Å²) in [7, 11) is 1.62. The molecular formula is C30H30N4O3. The smallest absolute Gasteiger partial charge is 0.278 e. The van der Waals surface area contributed by atoms with Gasteiger partial charge in [0.25, 0.3) is 5.56 Å². The topological polar surface area (TPSA) is 78.2 Å². The van der Waals surface area contributed by atoms with Crippen LogP contribution in [0, 0.1) is 6.92 Å². The molecule has 2 heterocycles.